The van der Waals surface area contributed by atoms with Gasteiger partial charge in [0.05, 0.1) is 5.69 Å². The van der Waals surface area contributed by atoms with Gasteiger partial charge >= 0.3 is 0 Å². The zero-order valence-electron chi connectivity index (χ0n) is 9.06. The summed E-state index contributed by atoms with van der Waals surface area (Å²) < 4.78 is 23.6. The topological polar surface area (TPSA) is 90.0 Å². The number of hydrogen-bond acceptors (Lipinski definition) is 4. The highest BCUT2D eigenvalue weighted by atomic mass is 32.2. The van der Waals surface area contributed by atoms with E-state index in [9.17, 15) is 8.42 Å². The Morgan fingerprint density at radius 2 is 2.27 bits per heavy atom. The van der Waals surface area contributed by atoms with Crippen molar-refractivity contribution in [2.75, 3.05) is 6.54 Å². The predicted octanol–water partition coefficient (Wildman–Crippen LogP) is -0.262. The predicted molar refractivity (Wildman–Crippen MR) is 56.7 cm³/mol. The van der Waals surface area contributed by atoms with Gasteiger partial charge in [0.2, 0.25) is 0 Å². The molecule has 3 N–H and O–H groups in total. The highest BCUT2D eigenvalue weighted by molar-refractivity contribution is 7.89. The van der Waals surface area contributed by atoms with E-state index in [2.05, 4.69) is 10.4 Å². The lowest BCUT2D eigenvalue weighted by Crippen LogP contribution is -2.20. The number of hydrogen-bond donors (Lipinski definition) is 2. The van der Waals surface area contributed by atoms with E-state index in [4.69, 9.17) is 5.14 Å². The fourth-order valence-electron chi connectivity index (χ4n) is 1.41. The molecule has 6 nitrogen and oxygen atoms in total. The van der Waals surface area contributed by atoms with Gasteiger partial charge in [0.1, 0.15) is 0 Å². The van der Waals surface area contributed by atoms with Crippen LogP contribution in [-0.2, 0) is 17.1 Å². The molecule has 15 heavy (non-hydrogen) atoms. The molecule has 86 valence electrons. The van der Waals surface area contributed by atoms with Crippen LogP contribution in [0.3, 0.4) is 0 Å². The SMILES string of the molecule is CCNC(C)c1cc(S(N)(=O)=O)nn1C. The van der Waals surface area contributed by atoms with Crippen molar-refractivity contribution in [3.63, 3.8) is 0 Å². The summed E-state index contributed by atoms with van der Waals surface area (Å²) in [5, 5.41) is 11.9. The number of primary sulfonamides is 1. The second-order valence-corrected chi connectivity index (χ2v) is 4.86. The smallest absolute Gasteiger partial charge is 0.257 e. The number of aromatic nitrogens is 2. The van der Waals surface area contributed by atoms with Crippen LogP contribution in [-0.4, -0.2) is 24.7 Å². The minimum atomic E-state index is -3.71. The van der Waals surface area contributed by atoms with Gasteiger partial charge in [0.25, 0.3) is 10.0 Å². The Bertz CT molecular complexity index is 437. The van der Waals surface area contributed by atoms with Gasteiger partial charge in [-0.2, -0.15) is 5.10 Å². The third kappa shape index (κ3) is 2.77. The van der Waals surface area contributed by atoms with Crippen molar-refractivity contribution < 1.29 is 8.42 Å². The second-order valence-electron chi connectivity index (χ2n) is 3.36. The van der Waals surface area contributed by atoms with Crippen molar-refractivity contribution in [1.29, 1.82) is 0 Å². The molecule has 0 fully saturated rings. The maximum Gasteiger partial charge on any atom is 0.257 e. The van der Waals surface area contributed by atoms with E-state index >= 15 is 0 Å². The Morgan fingerprint density at radius 3 is 2.67 bits per heavy atom. The van der Waals surface area contributed by atoms with Crippen LogP contribution in [0.25, 0.3) is 0 Å². The highest BCUT2D eigenvalue weighted by Gasteiger charge is 2.17. The summed E-state index contributed by atoms with van der Waals surface area (Å²) in [6, 6.07) is 1.53. The fraction of sp³-hybridized carbons (Fsp3) is 0.625. The van der Waals surface area contributed by atoms with E-state index < -0.39 is 10.0 Å². The zero-order chi connectivity index (χ0) is 11.6. The molecule has 1 rings (SSSR count). The first-order valence-corrected chi connectivity index (χ1v) is 6.21. The van der Waals surface area contributed by atoms with Crippen molar-refractivity contribution in [1.82, 2.24) is 15.1 Å². The molecule has 0 spiro atoms. The molecule has 1 heterocycles. The summed E-state index contributed by atoms with van der Waals surface area (Å²) in [4.78, 5) is 0. The van der Waals surface area contributed by atoms with Crippen LogP contribution in [0.4, 0.5) is 0 Å². The summed E-state index contributed by atoms with van der Waals surface area (Å²) in [6.07, 6.45) is 0. The van der Waals surface area contributed by atoms with Crippen molar-refractivity contribution in [2.45, 2.75) is 24.9 Å². The number of nitrogens with zero attached hydrogens (tertiary/aromatic N) is 2. The van der Waals surface area contributed by atoms with Gasteiger partial charge in [0.15, 0.2) is 5.03 Å². The number of nitrogens with two attached hydrogens (primary N) is 1. The van der Waals surface area contributed by atoms with Gasteiger partial charge in [0, 0.05) is 19.2 Å². The van der Waals surface area contributed by atoms with Crippen LogP contribution in [0.2, 0.25) is 0 Å². The minimum Gasteiger partial charge on any atom is -0.309 e. The Hall–Kier alpha value is -0.920. The van der Waals surface area contributed by atoms with Gasteiger partial charge in [-0.25, -0.2) is 13.6 Å². The second kappa shape index (κ2) is 4.30. The summed E-state index contributed by atoms with van der Waals surface area (Å²) in [7, 11) is -2.02. The van der Waals surface area contributed by atoms with Crippen LogP contribution in [0.15, 0.2) is 11.1 Å². The molecule has 1 aromatic rings. The monoisotopic (exact) mass is 232 g/mol. The largest absolute Gasteiger partial charge is 0.309 e. The Balaban J connectivity index is 3.07. The van der Waals surface area contributed by atoms with E-state index in [1.807, 2.05) is 13.8 Å². The quantitative estimate of drug-likeness (QED) is 0.748. The number of aryl methyl sites for hydroxylation is 1. The van der Waals surface area contributed by atoms with Crippen LogP contribution in [0, 0.1) is 0 Å². The fourth-order valence-corrected chi connectivity index (χ4v) is 1.93. The first kappa shape index (κ1) is 12.2. The summed E-state index contributed by atoms with van der Waals surface area (Å²) in [6.45, 7) is 4.72. The molecule has 0 amide bonds. The molecule has 1 unspecified atom stereocenters. The summed E-state index contributed by atoms with van der Waals surface area (Å²) in [5.74, 6) is 0. The average molecular weight is 232 g/mol. The maximum absolute atomic E-state index is 11.1. The molecular formula is C8H16N4O2S. The molecule has 0 aromatic carbocycles. The number of nitrogens with one attached hydrogen (secondary N) is 1. The molecule has 0 saturated heterocycles. The van der Waals surface area contributed by atoms with Crippen LogP contribution >= 0.6 is 0 Å². The van der Waals surface area contributed by atoms with Crippen LogP contribution < -0.4 is 10.5 Å². The van der Waals surface area contributed by atoms with Crippen LogP contribution in [0.5, 0.6) is 0 Å². The van der Waals surface area contributed by atoms with E-state index in [1.54, 1.807) is 7.05 Å². The summed E-state index contributed by atoms with van der Waals surface area (Å²) >= 11 is 0. The molecule has 0 aliphatic carbocycles. The number of sulfonamides is 1. The molecule has 0 aliphatic rings. The lowest BCUT2D eigenvalue weighted by Gasteiger charge is -2.11. The van der Waals surface area contributed by atoms with Gasteiger partial charge in [-0.1, -0.05) is 6.92 Å². The number of rotatable bonds is 4. The van der Waals surface area contributed by atoms with E-state index in [1.165, 1.54) is 10.7 Å². The third-order valence-corrected chi connectivity index (χ3v) is 2.92. The zero-order valence-corrected chi connectivity index (χ0v) is 9.87. The lowest BCUT2D eigenvalue weighted by atomic mass is 10.2. The van der Waals surface area contributed by atoms with Gasteiger partial charge in [-0.05, 0) is 13.5 Å². The highest BCUT2D eigenvalue weighted by Crippen LogP contribution is 2.15. The van der Waals surface area contributed by atoms with Crippen LogP contribution in [0.1, 0.15) is 25.6 Å². The molecule has 7 heteroatoms. The molecule has 0 radical (unpaired) electrons. The first-order valence-electron chi connectivity index (χ1n) is 4.66. The van der Waals surface area contributed by atoms with Crippen molar-refractivity contribution in [3.05, 3.63) is 11.8 Å². The molecule has 0 saturated carbocycles. The molecule has 1 atom stereocenters. The van der Waals surface area contributed by atoms with Gasteiger partial charge in [-0.15, -0.1) is 0 Å². The van der Waals surface area contributed by atoms with Crippen molar-refractivity contribution >= 4 is 10.0 Å². The molecule has 0 bridgehead atoms. The van der Waals surface area contributed by atoms with E-state index in [0.717, 1.165) is 12.2 Å². The summed E-state index contributed by atoms with van der Waals surface area (Å²) in [5.41, 5.74) is 0.792. The standard InChI is InChI=1S/C8H16N4O2S/c1-4-10-6(2)7-5-8(11-12(7)3)15(9,13)14/h5-6,10H,4H2,1-3H3,(H2,9,13,14). The Kier molecular flexibility index (Phi) is 3.48. The normalized spacial score (nSPS) is 14.1. The maximum atomic E-state index is 11.1. The van der Waals surface area contributed by atoms with E-state index in [0.29, 0.717) is 0 Å². The van der Waals surface area contributed by atoms with Crippen molar-refractivity contribution in [3.8, 4) is 0 Å². The molecular weight excluding hydrogens is 216 g/mol. The van der Waals surface area contributed by atoms with Gasteiger partial charge in [-0.3, -0.25) is 4.68 Å². The third-order valence-electron chi connectivity index (χ3n) is 2.14. The molecule has 0 aliphatic heterocycles. The Morgan fingerprint density at radius 1 is 1.67 bits per heavy atom. The van der Waals surface area contributed by atoms with E-state index in [-0.39, 0.29) is 11.1 Å². The van der Waals surface area contributed by atoms with Gasteiger partial charge < -0.3 is 5.32 Å². The lowest BCUT2D eigenvalue weighted by molar-refractivity contribution is 0.543. The Labute approximate surface area is 89.5 Å². The molecule has 1 aromatic heterocycles. The first-order chi connectivity index (χ1) is 6.86. The van der Waals surface area contributed by atoms with Crippen molar-refractivity contribution in [2.24, 2.45) is 12.2 Å². The average Bonchev–Trinajstić information content (AvgIpc) is 2.47. The minimum absolute atomic E-state index is 0.0444.